The Bertz CT molecular complexity index is 638. The van der Waals surface area contributed by atoms with Gasteiger partial charge in [-0.15, -0.1) is 5.10 Å². The van der Waals surface area contributed by atoms with Crippen LogP contribution in [0.1, 0.15) is 6.42 Å². The van der Waals surface area contributed by atoms with Crippen molar-refractivity contribution in [1.82, 2.24) is 24.7 Å². The fraction of sp³-hybridized carbons (Fsp3) is 0.583. The predicted molar refractivity (Wildman–Crippen MR) is 80.7 cm³/mol. The van der Waals surface area contributed by atoms with Gasteiger partial charge in [0.1, 0.15) is 5.82 Å². The molecule has 2 aromatic rings. The number of hydrogen-bond acceptors (Lipinski definition) is 5. The summed E-state index contributed by atoms with van der Waals surface area (Å²) < 4.78 is 1.32. The zero-order valence-corrected chi connectivity index (χ0v) is 12.7. The number of nitrogens with one attached hydrogen (secondary N) is 1. The summed E-state index contributed by atoms with van der Waals surface area (Å²) in [6.45, 7) is 5.09. The molecule has 108 valence electrons. The number of alkyl halides is 1. The first-order valence-corrected chi connectivity index (χ1v) is 7.88. The molecule has 2 aromatic heterocycles. The predicted octanol–water partition coefficient (Wildman–Crippen LogP) is 0.325. The molecule has 0 unspecified atom stereocenters. The Kier molecular flexibility index (Phi) is 4.02. The monoisotopic (exact) mass is 340 g/mol. The molecule has 0 amide bonds. The van der Waals surface area contributed by atoms with Crippen LogP contribution in [-0.2, 0) is 0 Å². The summed E-state index contributed by atoms with van der Waals surface area (Å²) in [7, 11) is 0. The maximum absolute atomic E-state index is 11.6. The van der Waals surface area contributed by atoms with E-state index >= 15 is 0 Å². The minimum atomic E-state index is -0.294. The van der Waals surface area contributed by atoms with Gasteiger partial charge in [0.25, 0.3) is 0 Å². The second-order valence-corrected chi connectivity index (χ2v) is 5.65. The SMILES string of the molecule is O=c1[nH]nc2ccc(N3CCCN(CCBr)CC3)nn12. The molecule has 7 nitrogen and oxygen atoms in total. The van der Waals surface area contributed by atoms with E-state index in [4.69, 9.17) is 0 Å². The molecule has 0 aliphatic carbocycles. The van der Waals surface area contributed by atoms with Crippen LogP contribution in [0, 0.1) is 0 Å². The van der Waals surface area contributed by atoms with Gasteiger partial charge in [0, 0.05) is 31.5 Å². The van der Waals surface area contributed by atoms with E-state index in [0.29, 0.717) is 5.65 Å². The quantitative estimate of drug-likeness (QED) is 0.815. The largest absolute Gasteiger partial charge is 0.364 e. The first-order chi connectivity index (χ1) is 9.78. The molecule has 8 heteroatoms. The Morgan fingerprint density at radius 3 is 3.00 bits per heavy atom. The van der Waals surface area contributed by atoms with Gasteiger partial charge >= 0.3 is 5.69 Å². The fourth-order valence-electron chi connectivity index (χ4n) is 2.51. The lowest BCUT2D eigenvalue weighted by atomic mass is 10.3. The van der Waals surface area contributed by atoms with Gasteiger partial charge in [0.15, 0.2) is 5.65 Å². The lowest BCUT2D eigenvalue weighted by molar-refractivity contribution is 0.313. The highest BCUT2D eigenvalue weighted by Gasteiger charge is 2.16. The first kappa shape index (κ1) is 13.6. The van der Waals surface area contributed by atoms with Crippen molar-refractivity contribution in [2.24, 2.45) is 0 Å². The molecule has 0 spiro atoms. The van der Waals surface area contributed by atoms with E-state index in [2.05, 4.69) is 41.0 Å². The van der Waals surface area contributed by atoms with E-state index in [9.17, 15) is 4.79 Å². The number of nitrogens with zero attached hydrogens (tertiary/aromatic N) is 5. The van der Waals surface area contributed by atoms with E-state index in [1.165, 1.54) is 4.52 Å². The van der Waals surface area contributed by atoms with Crippen LogP contribution < -0.4 is 10.6 Å². The molecule has 3 rings (SSSR count). The molecular weight excluding hydrogens is 324 g/mol. The van der Waals surface area contributed by atoms with Crippen molar-refractivity contribution in [1.29, 1.82) is 0 Å². The Morgan fingerprint density at radius 2 is 2.15 bits per heavy atom. The Morgan fingerprint density at radius 1 is 1.25 bits per heavy atom. The highest BCUT2D eigenvalue weighted by molar-refractivity contribution is 9.09. The molecule has 1 aliphatic rings. The molecule has 3 heterocycles. The summed E-state index contributed by atoms with van der Waals surface area (Å²) in [6.07, 6.45) is 1.10. The topological polar surface area (TPSA) is 69.5 Å². The highest BCUT2D eigenvalue weighted by Crippen LogP contribution is 2.13. The number of fused-ring (bicyclic) bond motifs is 1. The number of H-pyrrole nitrogens is 1. The van der Waals surface area contributed by atoms with Crippen molar-refractivity contribution in [3.8, 4) is 0 Å². The third-order valence-electron chi connectivity index (χ3n) is 3.57. The highest BCUT2D eigenvalue weighted by atomic mass is 79.9. The average Bonchev–Trinajstić information content (AvgIpc) is 2.69. The van der Waals surface area contributed by atoms with Gasteiger partial charge in [-0.1, -0.05) is 15.9 Å². The smallest absolute Gasteiger partial charge is 0.354 e. The fourth-order valence-corrected chi connectivity index (χ4v) is 3.01. The normalized spacial score (nSPS) is 17.6. The van der Waals surface area contributed by atoms with Crippen LogP contribution in [0.25, 0.3) is 5.65 Å². The molecule has 1 aliphatic heterocycles. The Hall–Kier alpha value is -1.41. The minimum Gasteiger partial charge on any atom is -0.354 e. The number of hydrogen-bond donors (Lipinski definition) is 1. The summed E-state index contributed by atoms with van der Waals surface area (Å²) in [6, 6.07) is 3.75. The van der Waals surface area contributed by atoms with Gasteiger partial charge in [0.2, 0.25) is 0 Å². The number of aromatic nitrogens is 4. The number of halogens is 1. The lowest BCUT2D eigenvalue weighted by Gasteiger charge is -2.22. The van der Waals surface area contributed by atoms with Crippen molar-refractivity contribution in [2.45, 2.75) is 6.42 Å². The molecule has 0 bridgehead atoms. The van der Waals surface area contributed by atoms with E-state index < -0.39 is 0 Å². The summed E-state index contributed by atoms with van der Waals surface area (Å²) in [5.74, 6) is 0.835. The zero-order chi connectivity index (χ0) is 13.9. The van der Waals surface area contributed by atoms with Crippen molar-refractivity contribution >= 4 is 27.4 Å². The van der Waals surface area contributed by atoms with E-state index in [1.54, 1.807) is 0 Å². The average molecular weight is 341 g/mol. The van der Waals surface area contributed by atoms with Gasteiger partial charge in [-0.2, -0.15) is 9.61 Å². The van der Waals surface area contributed by atoms with Gasteiger partial charge in [-0.3, -0.25) is 0 Å². The van der Waals surface area contributed by atoms with E-state index in [0.717, 1.165) is 50.3 Å². The summed E-state index contributed by atoms with van der Waals surface area (Å²) >= 11 is 3.49. The molecule has 20 heavy (non-hydrogen) atoms. The van der Waals surface area contributed by atoms with Gasteiger partial charge < -0.3 is 9.80 Å². The third kappa shape index (κ3) is 2.71. The first-order valence-electron chi connectivity index (χ1n) is 6.75. The summed E-state index contributed by atoms with van der Waals surface area (Å²) in [5, 5.41) is 11.7. The number of rotatable bonds is 3. The molecule has 1 N–H and O–H groups in total. The summed E-state index contributed by atoms with van der Waals surface area (Å²) in [4.78, 5) is 16.2. The van der Waals surface area contributed by atoms with Crippen LogP contribution in [0.4, 0.5) is 5.82 Å². The van der Waals surface area contributed by atoms with Crippen LogP contribution >= 0.6 is 15.9 Å². The van der Waals surface area contributed by atoms with Gasteiger partial charge in [-0.05, 0) is 25.1 Å². The Labute approximate surface area is 124 Å². The third-order valence-corrected chi connectivity index (χ3v) is 3.93. The van der Waals surface area contributed by atoms with Crippen molar-refractivity contribution in [2.75, 3.05) is 43.0 Å². The number of aromatic amines is 1. The molecule has 1 fully saturated rings. The maximum Gasteiger partial charge on any atom is 0.364 e. The van der Waals surface area contributed by atoms with Gasteiger partial charge in [-0.25, -0.2) is 9.89 Å². The lowest BCUT2D eigenvalue weighted by Crippen LogP contribution is -2.32. The van der Waals surface area contributed by atoms with Crippen LogP contribution in [0.5, 0.6) is 0 Å². The summed E-state index contributed by atoms with van der Waals surface area (Å²) in [5.41, 5.74) is 0.257. The molecular formula is C12H17BrN6O. The molecule has 1 saturated heterocycles. The minimum absolute atomic E-state index is 0.294. The molecule has 0 aromatic carbocycles. The Balaban J connectivity index is 1.80. The maximum atomic E-state index is 11.6. The van der Waals surface area contributed by atoms with Crippen LogP contribution in [0.2, 0.25) is 0 Å². The van der Waals surface area contributed by atoms with Crippen molar-refractivity contribution < 1.29 is 0 Å². The number of anilines is 1. The van der Waals surface area contributed by atoms with Gasteiger partial charge in [0.05, 0.1) is 0 Å². The standard InChI is InChI=1S/C12H17BrN6O/c13-4-7-17-5-1-6-18(9-8-17)11-3-2-10-14-15-12(20)19(10)16-11/h2-3H,1,4-9H2,(H,15,20). The molecule has 0 atom stereocenters. The van der Waals surface area contributed by atoms with E-state index in [-0.39, 0.29) is 5.69 Å². The van der Waals surface area contributed by atoms with Crippen molar-refractivity contribution in [3.63, 3.8) is 0 Å². The van der Waals surface area contributed by atoms with E-state index in [1.807, 2.05) is 12.1 Å². The second-order valence-electron chi connectivity index (χ2n) is 4.86. The zero-order valence-electron chi connectivity index (χ0n) is 11.1. The van der Waals surface area contributed by atoms with Crippen LogP contribution in [0.3, 0.4) is 0 Å². The van der Waals surface area contributed by atoms with Crippen LogP contribution in [-0.4, -0.2) is 62.8 Å². The molecule has 0 radical (unpaired) electrons. The van der Waals surface area contributed by atoms with Crippen molar-refractivity contribution in [3.05, 3.63) is 22.6 Å². The van der Waals surface area contributed by atoms with Crippen LogP contribution in [0.15, 0.2) is 16.9 Å². The molecule has 0 saturated carbocycles. The second kappa shape index (κ2) is 5.92.